The summed E-state index contributed by atoms with van der Waals surface area (Å²) >= 11 is 7.40. The molecular weight excluding hydrogens is 230 g/mol. The number of fused-ring (bicyclic) bond motifs is 1. The van der Waals surface area contributed by atoms with Crippen molar-refractivity contribution in [3.63, 3.8) is 0 Å². The average Bonchev–Trinajstić information content (AvgIpc) is 2.72. The lowest BCUT2D eigenvalue weighted by Crippen LogP contribution is -2.27. The van der Waals surface area contributed by atoms with Crippen molar-refractivity contribution in [2.75, 3.05) is 6.54 Å². The third kappa shape index (κ3) is 2.52. The Morgan fingerprint density at radius 3 is 3.13 bits per heavy atom. The summed E-state index contributed by atoms with van der Waals surface area (Å²) in [5.41, 5.74) is 1.36. The monoisotopic (exact) mass is 243 g/mol. The number of carbonyl (C=O) groups excluding carboxylic acids is 1. The Bertz CT molecular complexity index is 351. The van der Waals surface area contributed by atoms with Crippen LogP contribution in [0, 0.1) is 0 Å². The van der Waals surface area contributed by atoms with E-state index in [1.165, 1.54) is 16.9 Å². The standard InChI is InChI=1S/C11H14ClNOS/c1-7(12)6-13-11(14)10-5-8-3-2-4-9(8)15-10/h5,7H,2-4,6H2,1H3,(H,13,14). The Kier molecular flexibility index (Phi) is 3.32. The van der Waals surface area contributed by atoms with Crippen LogP contribution in [0.3, 0.4) is 0 Å². The molecule has 1 aliphatic rings. The fourth-order valence-electron chi connectivity index (χ4n) is 1.76. The quantitative estimate of drug-likeness (QED) is 0.813. The maximum Gasteiger partial charge on any atom is 0.261 e. The van der Waals surface area contributed by atoms with Crippen molar-refractivity contribution in [2.45, 2.75) is 31.6 Å². The Balaban J connectivity index is 2.00. The van der Waals surface area contributed by atoms with Crippen molar-refractivity contribution >= 4 is 28.8 Å². The summed E-state index contributed by atoms with van der Waals surface area (Å²) in [5.74, 6) is 0.0156. The molecule has 1 aliphatic carbocycles. The number of halogens is 1. The van der Waals surface area contributed by atoms with E-state index in [4.69, 9.17) is 11.6 Å². The predicted octanol–water partition coefficient (Wildman–Crippen LogP) is 2.59. The van der Waals surface area contributed by atoms with Gasteiger partial charge in [-0.2, -0.15) is 0 Å². The van der Waals surface area contributed by atoms with E-state index in [1.54, 1.807) is 11.3 Å². The van der Waals surface area contributed by atoms with Crippen LogP contribution in [0.4, 0.5) is 0 Å². The van der Waals surface area contributed by atoms with Crippen molar-refractivity contribution in [1.82, 2.24) is 5.32 Å². The first kappa shape index (κ1) is 11.0. The molecule has 1 unspecified atom stereocenters. The molecule has 2 rings (SSSR count). The zero-order valence-electron chi connectivity index (χ0n) is 8.68. The molecule has 82 valence electrons. The van der Waals surface area contributed by atoms with Crippen LogP contribution < -0.4 is 5.32 Å². The summed E-state index contributed by atoms with van der Waals surface area (Å²) in [5, 5.41) is 2.81. The van der Waals surface area contributed by atoms with E-state index in [0.717, 1.165) is 17.7 Å². The van der Waals surface area contributed by atoms with Crippen molar-refractivity contribution in [3.05, 3.63) is 21.4 Å². The highest BCUT2D eigenvalue weighted by Gasteiger charge is 2.18. The minimum Gasteiger partial charge on any atom is -0.350 e. The Hall–Kier alpha value is -0.540. The van der Waals surface area contributed by atoms with Crippen LogP contribution in [-0.4, -0.2) is 17.8 Å². The second-order valence-electron chi connectivity index (χ2n) is 3.90. The third-order valence-corrected chi connectivity index (χ3v) is 3.90. The van der Waals surface area contributed by atoms with Crippen molar-refractivity contribution in [2.24, 2.45) is 0 Å². The van der Waals surface area contributed by atoms with Crippen LogP contribution in [0.25, 0.3) is 0 Å². The fourth-order valence-corrected chi connectivity index (χ4v) is 3.01. The molecular formula is C11H14ClNOS. The van der Waals surface area contributed by atoms with Crippen LogP contribution in [-0.2, 0) is 12.8 Å². The molecule has 0 aromatic carbocycles. The largest absolute Gasteiger partial charge is 0.350 e. The smallest absolute Gasteiger partial charge is 0.261 e. The zero-order chi connectivity index (χ0) is 10.8. The number of aryl methyl sites for hydroxylation is 2. The number of carbonyl (C=O) groups is 1. The van der Waals surface area contributed by atoms with Gasteiger partial charge in [0.25, 0.3) is 5.91 Å². The van der Waals surface area contributed by atoms with Gasteiger partial charge in [-0.1, -0.05) is 0 Å². The molecule has 1 amide bonds. The molecule has 0 aliphatic heterocycles. The number of alkyl halides is 1. The first-order chi connectivity index (χ1) is 7.16. The Morgan fingerprint density at radius 2 is 2.47 bits per heavy atom. The van der Waals surface area contributed by atoms with Gasteiger partial charge in [0.15, 0.2) is 0 Å². The van der Waals surface area contributed by atoms with Gasteiger partial charge in [0.2, 0.25) is 0 Å². The lowest BCUT2D eigenvalue weighted by Gasteiger charge is -2.04. The maximum atomic E-state index is 11.7. The second-order valence-corrected chi connectivity index (χ2v) is 5.79. The summed E-state index contributed by atoms with van der Waals surface area (Å²) in [6.07, 6.45) is 3.51. The third-order valence-electron chi connectivity index (χ3n) is 2.51. The summed E-state index contributed by atoms with van der Waals surface area (Å²) in [6, 6.07) is 2.03. The number of hydrogen-bond donors (Lipinski definition) is 1. The summed E-state index contributed by atoms with van der Waals surface area (Å²) in [7, 11) is 0. The number of nitrogens with one attached hydrogen (secondary N) is 1. The van der Waals surface area contributed by atoms with Crippen molar-refractivity contribution < 1.29 is 4.79 Å². The SMILES string of the molecule is CC(Cl)CNC(=O)c1cc2c(s1)CCC2. The molecule has 2 nitrogen and oxygen atoms in total. The fraction of sp³-hybridized carbons (Fsp3) is 0.545. The summed E-state index contributed by atoms with van der Waals surface area (Å²) < 4.78 is 0. The second kappa shape index (κ2) is 4.54. The molecule has 0 saturated carbocycles. The number of thiophene rings is 1. The van der Waals surface area contributed by atoms with Crippen LogP contribution in [0.1, 0.15) is 33.5 Å². The van der Waals surface area contributed by atoms with Crippen molar-refractivity contribution in [1.29, 1.82) is 0 Å². The first-order valence-electron chi connectivity index (χ1n) is 5.20. The predicted molar refractivity (Wildman–Crippen MR) is 64.0 cm³/mol. The van der Waals surface area contributed by atoms with Crippen molar-refractivity contribution in [3.8, 4) is 0 Å². The highest BCUT2D eigenvalue weighted by Crippen LogP contribution is 2.30. The van der Waals surface area contributed by atoms with Gasteiger partial charge in [-0.3, -0.25) is 4.79 Å². The summed E-state index contributed by atoms with van der Waals surface area (Å²) in [6.45, 7) is 2.40. The van der Waals surface area contributed by atoms with Gasteiger partial charge in [-0.15, -0.1) is 22.9 Å². The van der Waals surface area contributed by atoms with Gasteiger partial charge in [-0.05, 0) is 37.8 Å². The molecule has 1 aromatic heterocycles. The highest BCUT2D eigenvalue weighted by atomic mass is 35.5. The Morgan fingerprint density at radius 1 is 1.67 bits per heavy atom. The van der Waals surface area contributed by atoms with Gasteiger partial charge >= 0.3 is 0 Å². The molecule has 0 saturated heterocycles. The number of hydrogen-bond acceptors (Lipinski definition) is 2. The van der Waals surface area contributed by atoms with Crippen LogP contribution in [0.2, 0.25) is 0 Å². The molecule has 15 heavy (non-hydrogen) atoms. The molecule has 1 N–H and O–H groups in total. The van der Waals surface area contributed by atoms with Gasteiger partial charge in [0.05, 0.1) is 4.88 Å². The first-order valence-corrected chi connectivity index (χ1v) is 6.46. The molecule has 1 atom stereocenters. The lowest BCUT2D eigenvalue weighted by atomic mass is 10.2. The van der Waals surface area contributed by atoms with E-state index in [1.807, 2.05) is 13.0 Å². The minimum atomic E-state index is -0.0132. The van der Waals surface area contributed by atoms with Crippen LogP contribution in [0.15, 0.2) is 6.07 Å². The number of amides is 1. The van der Waals surface area contributed by atoms with Crippen LogP contribution in [0.5, 0.6) is 0 Å². The molecule has 0 bridgehead atoms. The van der Waals surface area contributed by atoms with Gasteiger partial charge < -0.3 is 5.32 Å². The lowest BCUT2D eigenvalue weighted by molar-refractivity contribution is 0.0958. The molecule has 0 spiro atoms. The van der Waals surface area contributed by atoms with E-state index in [-0.39, 0.29) is 11.3 Å². The molecule has 1 heterocycles. The van der Waals surface area contributed by atoms with E-state index in [9.17, 15) is 4.79 Å². The molecule has 1 aromatic rings. The van der Waals surface area contributed by atoms with E-state index in [2.05, 4.69) is 5.32 Å². The summed E-state index contributed by atoms with van der Waals surface area (Å²) in [4.78, 5) is 13.9. The van der Waals surface area contributed by atoms with E-state index < -0.39 is 0 Å². The maximum absolute atomic E-state index is 11.7. The van der Waals surface area contributed by atoms with Gasteiger partial charge in [-0.25, -0.2) is 0 Å². The van der Waals surface area contributed by atoms with E-state index in [0.29, 0.717) is 6.54 Å². The molecule has 0 radical (unpaired) electrons. The Labute approximate surface area is 98.6 Å². The zero-order valence-corrected chi connectivity index (χ0v) is 10.3. The van der Waals surface area contributed by atoms with Gasteiger partial charge in [0.1, 0.15) is 0 Å². The average molecular weight is 244 g/mol. The van der Waals surface area contributed by atoms with Crippen LogP contribution >= 0.6 is 22.9 Å². The minimum absolute atomic E-state index is 0.0132. The van der Waals surface area contributed by atoms with Gasteiger partial charge in [0, 0.05) is 16.8 Å². The molecule has 0 fully saturated rings. The number of rotatable bonds is 3. The normalized spacial score (nSPS) is 16.1. The topological polar surface area (TPSA) is 29.1 Å². The molecule has 4 heteroatoms. The van der Waals surface area contributed by atoms with E-state index >= 15 is 0 Å². The highest BCUT2D eigenvalue weighted by molar-refractivity contribution is 7.14.